The Hall–Kier alpha value is -2.29. The maximum Gasteiger partial charge on any atom is 0.349 e. The van der Waals surface area contributed by atoms with E-state index in [2.05, 4.69) is 5.32 Å². The average Bonchev–Trinajstić information content (AvgIpc) is 3.29. The van der Waals surface area contributed by atoms with Crippen molar-refractivity contribution in [3.8, 4) is 0 Å². The second-order valence-corrected chi connectivity index (χ2v) is 7.80. The monoisotopic (exact) mass is 407 g/mol. The van der Waals surface area contributed by atoms with E-state index < -0.39 is 11.8 Å². The van der Waals surface area contributed by atoms with Crippen LogP contribution in [0.4, 0.5) is 4.39 Å². The molecular formula is C19H18FNO4S2. The largest absolute Gasteiger partial charge is 0.451 e. The van der Waals surface area contributed by atoms with Gasteiger partial charge in [-0.2, -0.15) is 0 Å². The number of carbonyl (C=O) groups excluding carboxylic acids is 2. The summed E-state index contributed by atoms with van der Waals surface area (Å²) in [6.45, 7) is 0.171. The standard InChI is InChI=1S/C19H18FNO4S2/c1-24-10-13-17-14(20)5-2-6-15(17)27-18(13)19(23)25-11-16(22)21-8-7-12-4-3-9-26-12/h2-6,9H,7-8,10-11H2,1H3,(H,21,22). The molecule has 0 atom stereocenters. The first-order valence-electron chi connectivity index (χ1n) is 8.25. The van der Waals surface area contributed by atoms with Crippen LogP contribution in [0, 0.1) is 5.82 Å². The number of rotatable bonds is 8. The van der Waals surface area contributed by atoms with Crippen LogP contribution in [-0.2, 0) is 27.3 Å². The molecule has 0 spiro atoms. The third kappa shape index (κ3) is 4.71. The van der Waals surface area contributed by atoms with Gasteiger partial charge in [0.05, 0.1) is 6.61 Å². The Morgan fingerprint density at radius 3 is 2.81 bits per heavy atom. The van der Waals surface area contributed by atoms with Crippen LogP contribution in [0.15, 0.2) is 35.7 Å². The summed E-state index contributed by atoms with van der Waals surface area (Å²) in [4.78, 5) is 25.7. The quantitative estimate of drug-likeness (QED) is 0.578. The zero-order valence-corrected chi connectivity index (χ0v) is 16.3. The second kappa shape index (κ2) is 9.07. The van der Waals surface area contributed by atoms with Crippen LogP contribution in [0.25, 0.3) is 10.1 Å². The Balaban J connectivity index is 1.61. The number of fused-ring (bicyclic) bond motifs is 1. The van der Waals surface area contributed by atoms with Crippen molar-refractivity contribution in [3.05, 3.63) is 56.8 Å². The first-order chi connectivity index (χ1) is 13.1. The summed E-state index contributed by atoms with van der Waals surface area (Å²) < 4.78 is 25.0. The summed E-state index contributed by atoms with van der Waals surface area (Å²) in [6, 6.07) is 8.60. The van der Waals surface area contributed by atoms with Gasteiger partial charge in [-0.15, -0.1) is 22.7 Å². The van der Waals surface area contributed by atoms with Gasteiger partial charge in [-0.3, -0.25) is 4.79 Å². The second-order valence-electron chi connectivity index (χ2n) is 5.71. The smallest absolute Gasteiger partial charge is 0.349 e. The van der Waals surface area contributed by atoms with Crippen LogP contribution in [0.1, 0.15) is 20.1 Å². The van der Waals surface area contributed by atoms with Gasteiger partial charge in [-0.25, -0.2) is 9.18 Å². The number of hydrogen-bond acceptors (Lipinski definition) is 6. The van der Waals surface area contributed by atoms with Crippen molar-refractivity contribution in [2.75, 3.05) is 20.3 Å². The molecule has 0 aliphatic carbocycles. The Kier molecular flexibility index (Phi) is 6.54. The summed E-state index contributed by atoms with van der Waals surface area (Å²) >= 11 is 2.75. The first-order valence-corrected chi connectivity index (χ1v) is 9.94. The molecule has 0 saturated carbocycles. The number of thiophene rings is 2. The highest BCUT2D eigenvalue weighted by Crippen LogP contribution is 2.34. The van der Waals surface area contributed by atoms with Crippen molar-refractivity contribution in [2.45, 2.75) is 13.0 Å². The number of benzene rings is 1. The predicted molar refractivity (Wildman–Crippen MR) is 104 cm³/mol. The van der Waals surface area contributed by atoms with Crippen molar-refractivity contribution in [2.24, 2.45) is 0 Å². The lowest BCUT2D eigenvalue weighted by Gasteiger charge is -2.07. The molecule has 1 aromatic carbocycles. The Labute approximate surface area is 163 Å². The van der Waals surface area contributed by atoms with Crippen molar-refractivity contribution < 1.29 is 23.5 Å². The minimum absolute atomic E-state index is 0.0817. The normalized spacial score (nSPS) is 10.9. The van der Waals surface area contributed by atoms with E-state index in [0.29, 0.717) is 22.2 Å². The molecule has 0 saturated heterocycles. The highest BCUT2D eigenvalue weighted by Gasteiger charge is 2.22. The van der Waals surface area contributed by atoms with E-state index in [-0.39, 0.29) is 24.0 Å². The molecule has 142 valence electrons. The molecule has 3 rings (SSSR count). The molecule has 0 bridgehead atoms. The Morgan fingerprint density at radius 2 is 2.07 bits per heavy atom. The predicted octanol–water partition coefficient (Wildman–Crippen LogP) is 3.76. The number of amides is 1. The third-order valence-electron chi connectivity index (χ3n) is 3.85. The summed E-state index contributed by atoms with van der Waals surface area (Å²) in [7, 11) is 1.47. The molecule has 0 aliphatic rings. The summed E-state index contributed by atoms with van der Waals surface area (Å²) in [5.41, 5.74) is 0.443. The van der Waals surface area contributed by atoms with Crippen LogP contribution in [0.2, 0.25) is 0 Å². The van der Waals surface area contributed by atoms with Crippen LogP contribution >= 0.6 is 22.7 Å². The Morgan fingerprint density at radius 1 is 1.22 bits per heavy atom. The fourth-order valence-corrected chi connectivity index (χ4v) is 4.47. The zero-order valence-electron chi connectivity index (χ0n) is 14.6. The van der Waals surface area contributed by atoms with Crippen LogP contribution < -0.4 is 5.32 Å². The number of nitrogens with one attached hydrogen (secondary N) is 1. The van der Waals surface area contributed by atoms with Gasteiger partial charge in [0.1, 0.15) is 10.7 Å². The van der Waals surface area contributed by atoms with Gasteiger partial charge in [0, 0.05) is 34.2 Å². The molecular weight excluding hydrogens is 389 g/mol. The molecule has 2 heterocycles. The average molecular weight is 407 g/mol. The summed E-state index contributed by atoms with van der Waals surface area (Å²) in [5, 5.41) is 5.05. The van der Waals surface area contributed by atoms with E-state index in [9.17, 15) is 14.0 Å². The van der Waals surface area contributed by atoms with Crippen molar-refractivity contribution in [3.63, 3.8) is 0 Å². The number of carbonyl (C=O) groups is 2. The SMILES string of the molecule is COCc1c(C(=O)OCC(=O)NCCc2cccs2)sc2cccc(F)c12. The lowest BCUT2D eigenvalue weighted by molar-refractivity contribution is -0.124. The molecule has 0 radical (unpaired) electrons. The highest BCUT2D eigenvalue weighted by molar-refractivity contribution is 7.21. The van der Waals surface area contributed by atoms with Gasteiger partial charge >= 0.3 is 5.97 Å². The van der Waals surface area contributed by atoms with E-state index in [1.165, 1.54) is 18.1 Å². The number of hydrogen-bond donors (Lipinski definition) is 1. The van der Waals surface area contributed by atoms with Crippen LogP contribution in [0.3, 0.4) is 0 Å². The molecule has 3 aromatic rings. The molecule has 1 amide bonds. The van der Waals surface area contributed by atoms with Crippen LogP contribution in [-0.4, -0.2) is 32.1 Å². The molecule has 27 heavy (non-hydrogen) atoms. The van der Waals surface area contributed by atoms with Gasteiger partial charge < -0.3 is 14.8 Å². The number of methoxy groups -OCH3 is 1. The van der Waals surface area contributed by atoms with Gasteiger partial charge in [0.2, 0.25) is 0 Å². The van der Waals surface area contributed by atoms with Crippen LogP contribution in [0.5, 0.6) is 0 Å². The lowest BCUT2D eigenvalue weighted by atomic mass is 10.1. The van der Waals surface area contributed by atoms with E-state index in [4.69, 9.17) is 9.47 Å². The summed E-state index contributed by atoms with van der Waals surface area (Å²) in [6.07, 6.45) is 0.727. The number of ether oxygens (including phenoxy) is 2. The molecule has 8 heteroatoms. The zero-order chi connectivity index (χ0) is 19.2. The van der Waals surface area contributed by atoms with E-state index in [0.717, 1.165) is 17.8 Å². The van der Waals surface area contributed by atoms with E-state index in [1.54, 1.807) is 23.5 Å². The third-order valence-corrected chi connectivity index (χ3v) is 5.96. The molecule has 5 nitrogen and oxygen atoms in total. The fraction of sp³-hybridized carbons (Fsp3) is 0.263. The maximum absolute atomic E-state index is 14.2. The lowest BCUT2D eigenvalue weighted by Crippen LogP contribution is -2.30. The van der Waals surface area contributed by atoms with E-state index >= 15 is 0 Å². The molecule has 1 N–H and O–H groups in total. The highest BCUT2D eigenvalue weighted by atomic mass is 32.1. The van der Waals surface area contributed by atoms with Gasteiger partial charge in [-0.05, 0) is 30.0 Å². The molecule has 0 fully saturated rings. The van der Waals surface area contributed by atoms with Gasteiger partial charge in [0.25, 0.3) is 5.91 Å². The fourth-order valence-electron chi connectivity index (χ4n) is 2.64. The van der Waals surface area contributed by atoms with Gasteiger partial charge in [-0.1, -0.05) is 12.1 Å². The maximum atomic E-state index is 14.2. The van der Waals surface area contributed by atoms with Crippen molar-refractivity contribution in [1.82, 2.24) is 5.32 Å². The van der Waals surface area contributed by atoms with Crippen molar-refractivity contribution in [1.29, 1.82) is 0 Å². The molecule has 0 aliphatic heterocycles. The van der Waals surface area contributed by atoms with Crippen molar-refractivity contribution >= 4 is 44.6 Å². The minimum Gasteiger partial charge on any atom is -0.451 e. The Bertz CT molecular complexity index is 937. The summed E-state index contributed by atoms with van der Waals surface area (Å²) in [5.74, 6) is -1.45. The number of halogens is 1. The molecule has 0 unspecified atom stereocenters. The van der Waals surface area contributed by atoms with Gasteiger partial charge in [0.15, 0.2) is 6.61 Å². The topological polar surface area (TPSA) is 64.6 Å². The minimum atomic E-state index is -0.656. The first kappa shape index (κ1) is 19.5. The molecule has 2 aromatic heterocycles. The number of esters is 1. The van der Waals surface area contributed by atoms with E-state index in [1.807, 2.05) is 17.5 Å².